The van der Waals surface area contributed by atoms with E-state index in [1.54, 1.807) is 19.1 Å². The van der Waals surface area contributed by atoms with E-state index in [9.17, 15) is 71.5 Å². The predicted molar refractivity (Wildman–Crippen MR) is 327 cm³/mol. The third-order valence-electron chi connectivity index (χ3n) is 15.9. The van der Waals surface area contributed by atoms with Gasteiger partial charge in [-0.3, -0.25) is 19.6 Å². The van der Waals surface area contributed by atoms with E-state index in [4.69, 9.17) is 47.4 Å². The van der Waals surface area contributed by atoms with Gasteiger partial charge in [0.15, 0.2) is 0 Å². The van der Waals surface area contributed by atoms with Gasteiger partial charge in [-0.1, -0.05) is 46.5 Å². The van der Waals surface area contributed by atoms with Crippen molar-refractivity contribution in [2.45, 2.75) is 189 Å². The summed E-state index contributed by atoms with van der Waals surface area (Å²) in [6.07, 6.45) is -0.516. The number of piperidine rings is 4. The summed E-state index contributed by atoms with van der Waals surface area (Å²) >= 11 is 0. The Morgan fingerprint density at radius 3 is 0.977 bits per heavy atom. The van der Waals surface area contributed by atoms with Crippen molar-refractivity contribution in [3.8, 4) is 0 Å². The van der Waals surface area contributed by atoms with E-state index in [0.29, 0.717) is 119 Å². The van der Waals surface area contributed by atoms with Crippen molar-refractivity contribution in [3.63, 3.8) is 0 Å². The fraction of sp³-hybridized carbons (Fsp3) is 1.00. The predicted octanol–water partition coefficient (Wildman–Crippen LogP) is -3.60. The monoisotopic (exact) mass is 1280 g/mol. The molecule has 4 saturated heterocycles. The van der Waals surface area contributed by atoms with Crippen LogP contribution in [-0.4, -0.2) is 388 Å². The Balaban J connectivity index is 0.000000587. The van der Waals surface area contributed by atoms with Crippen LogP contribution in [0.4, 0.5) is 0 Å². The summed E-state index contributed by atoms with van der Waals surface area (Å²) in [6, 6.07) is -1.79. The zero-order valence-electron chi connectivity index (χ0n) is 54.2. The normalized spacial score (nSPS) is 29.9. The van der Waals surface area contributed by atoms with Crippen LogP contribution >= 0.6 is 0 Å². The van der Waals surface area contributed by atoms with Crippen LogP contribution in [0.2, 0.25) is 0 Å². The molecule has 0 bridgehead atoms. The van der Waals surface area contributed by atoms with E-state index < -0.39 is 91.4 Å². The van der Waals surface area contributed by atoms with Crippen molar-refractivity contribution in [2.24, 2.45) is 0 Å². The van der Waals surface area contributed by atoms with Gasteiger partial charge in [0.25, 0.3) is 0 Å². The second kappa shape index (κ2) is 54.2. The van der Waals surface area contributed by atoms with Crippen LogP contribution in [0.25, 0.3) is 0 Å². The van der Waals surface area contributed by atoms with Crippen LogP contribution in [0, 0.1) is 0 Å². The first-order chi connectivity index (χ1) is 42.5. The number of hydrogen-bond acceptors (Lipinski definition) is 28. The molecule has 4 aliphatic heterocycles. The highest BCUT2D eigenvalue weighted by molar-refractivity contribution is 4.97. The topological polar surface area (TPSA) is 388 Å². The molecule has 16 atom stereocenters. The highest BCUT2D eigenvalue weighted by Gasteiger charge is 2.44. The molecule has 528 valence electrons. The summed E-state index contributed by atoms with van der Waals surface area (Å²) in [5, 5.41) is 137. The first kappa shape index (κ1) is 84.9. The molecule has 4 heterocycles. The number of likely N-dealkylation sites (tertiary alicyclic amines) is 4. The standard InChI is InChI=1S/C18H37NO5.C15H31NO5.C14H29NO7.C13H27NO7/c1-3-10-23-12-8-6-5-7-9-19-13-16(20)18(22)17(21)15(19)14-24-11-4-2;1-2-8-21-9-6-4-3-5-7-16-10-13(18)15(20)14(19)12(16)11-17;1-19-5-6-22-8-7-21-4-3-15-9-12(17)14(20-2)13(18)11(15)10-16;1-19-4-5-21-7-6-20-3-2-14-8-11(16)13(18)12(17)10(14)9-15/h15-18,20-22H,3-14H2,1-2H3;12-15,17-20H,2-11H2,1H3;11-14,16-18H,3-10H2,1-2H3;10-13,15-18H,2-9H2,1H3/t15-,16+,17-,18-;12-,13+,14-,15-;11-,12+,13-,14-;10-,11+,12-,13-/m1111/s1. The van der Waals surface area contributed by atoms with Gasteiger partial charge in [0, 0.05) is 93.6 Å². The molecule has 88 heavy (non-hydrogen) atoms. The van der Waals surface area contributed by atoms with Gasteiger partial charge in [-0.2, -0.15) is 0 Å². The molecule has 4 rings (SSSR count). The summed E-state index contributed by atoms with van der Waals surface area (Å²) in [7, 11) is 4.66. The molecule has 0 aromatic carbocycles. The van der Waals surface area contributed by atoms with Gasteiger partial charge in [0.05, 0.1) is 141 Å². The van der Waals surface area contributed by atoms with E-state index in [0.717, 1.165) is 104 Å². The van der Waals surface area contributed by atoms with Crippen LogP contribution in [0.1, 0.15) is 91.4 Å². The van der Waals surface area contributed by atoms with Crippen molar-refractivity contribution in [3.05, 3.63) is 0 Å². The van der Waals surface area contributed by atoms with Crippen LogP contribution in [0.15, 0.2) is 0 Å². The smallest absolute Gasteiger partial charge is 0.112 e. The Bertz CT molecular complexity index is 1500. The van der Waals surface area contributed by atoms with E-state index in [1.807, 2.05) is 16.7 Å². The Kier molecular flexibility index (Phi) is 52.3. The lowest BCUT2D eigenvalue weighted by Gasteiger charge is -2.44. The first-order valence-corrected chi connectivity index (χ1v) is 32.3. The zero-order valence-corrected chi connectivity index (χ0v) is 54.2. The molecule has 4 fully saturated rings. The maximum absolute atomic E-state index is 10.3. The van der Waals surface area contributed by atoms with Gasteiger partial charge < -0.3 is 119 Å². The molecular formula is C60H124N4O24. The lowest BCUT2D eigenvalue weighted by molar-refractivity contribution is -0.159. The van der Waals surface area contributed by atoms with E-state index >= 15 is 0 Å². The molecule has 0 unspecified atom stereocenters. The number of ether oxygens (including phenoxy) is 10. The highest BCUT2D eigenvalue weighted by atomic mass is 16.6. The molecule has 28 heteroatoms. The van der Waals surface area contributed by atoms with Gasteiger partial charge in [-0.05, 0) is 58.0 Å². The molecule has 0 saturated carbocycles. The number of hydrogen-bond donors (Lipinski definition) is 14. The molecular weight excluding hydrogens is 1160 g/mol. The van der Waals surface area contributed by atoms with Crippen LogP contribution in [0.5, 0.6) is 0 Å². The highest BCUT2D eigenvalue weighted by Crippen LogP contribution is 2.24. The molecule has 0 aliphatic carbocycles. The van der Waals surface area contributed by atoms with Crippen LogP contribution < -0.4 is 0 Å². The molecule has 0 aromatic heterocycles. The molecule has 28 nitrogen and oxygen atoms in total. The number of nitrogens with zero attached hydrogens (tertiary/aromatic N) is 4. The Labute approximate surface area is 525 Å². The van der Waals surface area contributed by atoms with Gasteiger partial charge >= 0.3 is 0 Å². The first-order valence-electron chi connectivity index (χ1n) is 32.3. The third-order valence-corrected chi connectivity index (χ3v) is 15.9. The maximum Gasteiger partial charge on any atom is 0.112 e. The summed E-state index contributed by atoms with van der Waals surface area (Å²) in [5.74, 6) is 0. The van der Waals surface area contributed by atoms with E-state index in [2.05, 4.69) is 18.7 Å². The Hall–Kier alpha value is -1.12. The zero-order chi connectivity index (χ0) is 65.5. The number of rotatable bonds is 44. The van der Waals surface area contributed by atoms with Crippen LogP contribution in [0.3, 0.4) is 0 Å². The molecule has 14 N–H and O–H groups in total. The number of methoxy groups -OCH3 is 3. The van der Waals surface area contributed by atoms with E-state index in [-0.39, 0.29) is 32.4 Å². The fourth-order valence-electron chi connectivity index (χ4n) is 10.7. The molecule has 0 amide bonds. The second-order valence-corrected chi connectivity index (χ2v) is 22.8. The minimum Gasteiger partial charge on any atom is -0.395 e. The summed E-state index contributed by atoms with van der Waals surface area (Å²) in [4.78, 5) is 7.46. The summed E-state index contributed by atoms with van der Waals surface area (Å²) < 4.78 is 52.6. The molecule has 0 aromatic rings. The van der Waals surface area contributed by atoms with Gasteiger partial charge in [-0.15, -0.1) is 0 Å². The second-order valence-electron chi connectivity index (χ2n) is 22.8. The lowest BCUT2D eigenvalue weighted by atomic mass is 9.94. The van der Waals surface area contributed by atoms with Gasteiger partial charge in [-0.25, -0.2) is 0 Å². The van der Waals surface area contributed by atoms with E-state index in [1.165, 1.54) is 7.11 Å². The Morgan fingerprint density at radius 2 is 0.602 bits per heavy atom. The fourth-order valence-corrected chi connectivity index (χ4v) is 10.7. The van der Waals surface area contributed by atoms with Gasteiger partial charge in [0.1, 0.15) is 48.8 Å². The minimum absolute atomic E-state index is 0.192. The largest absolute Gasteiger partial charge is 0.395 e. The average molecular weight is 1290 g/mol. The summed E-state index contributed by atoms with van der Waals surface area (Å²) in [5.41, 5.74) is 0. The van der Waals surface area contributed by atoms with Crippen molar-refractivity contribution < 1.29 is 119 Å². The number of β-amino-alcohol motifs (C(OH)–C–C–N with tert-alkyl or cyclic N) is 4. The quantitative estimate of drug-likeness (QED) is 0.0262. The number of unbranched alkanes of at least 4 members (excludes halogenated alkanes) is 6. The van der Waals surface area contributed by atoms with Crippen LogP contribution in [-0.2, 0) is 47.4 Å². The number of aliphatic hydroxyl groups excluding tert-OH is 14. The van der Waals surface area contributed by atoms with Crippen molar-refractivity contribution in [1.29, 1.82) is 0 Å². The van der Waals surface area contributed by atoms with Crippen molar-refractivity contribution >= 4 is 0 Å². The lowest BCUT2D eigenvalue weighted by Crippen LogP contribution is -2.63. The maximum atomic E-state index is 10.3. The average Bonchev–Trinajstić information content (AvgIpc) is 2.29. The molecule has 0 radical (unpaired) electrons. The third kappa shape index (κ3) is 34.3. The van der Waals surface area contributed by atoms with Gasteiger partial charge in [0.2, 0.25) is 0 Å². The Morgan fingerprint density at radius 1 is 0.295 bits per heavy atom. The molecule has 0 spiro atoms. The molecule has 4 aliphatic rings. The minimum atomic E-state index is -1.23. The number of aliphatic hydroxyl groups is 14. The van der Waals surface area contributed by atoms with Crippen molar-refractivity contribution in [2.75, 3.05) is 199 Å². The summed E-state index contributed by atoms with van der Waals surface area (Å²) in [6.45, 7) is 18.4. The van der Waals surface area contributed by atoms with Crippen molar-refractivity contribution in [1.82, 2.24) is 19.6 Å². The SMILES string of the molecule is CCCOCCCCCCN1C[C@H](O)[C@@H](O)[C@H](O)[C@H]1CO.CCCOCCCCCCN1C[C@H](O)[C@@H](O)[C@H](O)[C@H]1COCCC.COCCOCCOCCN1C[C@H](O)[C@@H](O)[C@H](O)[C@H]1CO.COCCOCCOCCN1C[C@H](O)[C@@H](OC)[C@H](O)[C@H]1CO.